The molecule has 0 spiro atoms. The van der Waals surface area contributed by atoms with Gasteiger partial charge >= 0.3 is 5.97 Å². The van der Waals surface area contributed by atoms with Crippen molar-refractivity contribution in [2.75, 3.05) is 7.11 Å². The monoisotopic (exact) mass is 390 g/mol. The Morgan fingerprint density at radius 2 is 1.96 bits per heavy atom. The second-order valence-corrected chi connectivity index (χ2v) is 7.69. The zero-order valence-corrected chi connectivity index (χ0v) is 16.1. The van der Waals surface area contributed by atoms with Crippen molar-refractivity contribution in [2.45, 2.75) is 18.7 Å². The number of nitrogens with zero attached hydrogens (tertiary/aromatic N) is 2. The molecule has 3 heterocycles. The van der Waals surface area contributed by atoms with E-state index >= 15 is 0 Å². The van der Waals surface area contributed by atoms with E-state index in [0.717, 1.165) is 29.0 Å². The first-order valence-electron chi connectivity index (χ1n) is 9.08. The number of carbonyl (C=O) groups excluding carboxylic acids is 1. The van der Waals surface area contributed by atoms with Crippen LogP contribution in [0.5, 0.6) is 5.75 Å². The Bertz CT molecular complexity index is 1040. The van der Waals surface area contributed by atoms with Crippen molar-refractivity contribution >= 4 is 23.0 Å². The summed E-state index contributed by atoms with van der Waals surface area (Å²) in [5, 5.41) is 9.04. The molecule has 2 aromatic carbocycles. The van der Waals surface area contributed by atoms with Crippen molar-refractivity contribution < 1.29 is 14.3 Å². The van der Waals surface area contributed by atoms with Gasteiger partial charge in [0.25, 0.3) is 0 Å². The fourth-order valence-corrected chi connectivity index (χ4v) is 4.47. The van der Waals surface area contributed by atoms with Crippen LogP contribution in [-0.2, 0) is 4.74 Å². The van der Waals surface area contributed by atoms with Gasteiger partial charge in [-0.15, -0.1) is 11.3 Å². The first kappa shape index (κ1) is 17.0. The molecule has 2 atom stereocenters. The molecule has 2 aliphatic heterocycles. The smallest absolute Gasteiger partial charge is 0.337 e. The predicted molar refractivity (Wildman–Crippen MR) is 108 cm³/mol. The van der Waals surface area contributed by atoms with Crippen LogP contribution in [0.25, 0.3) is 0 Å². The molecule has 0 aliphatic carbocycles. The highest BCUT2D eigenvalue weighted by Gasteiger charge is 2.41. The van der Waals surface area contributed by atoms with Crippen LogP contribution in [0.4, 0.5) is 0 Å². The minimum atomic E-state index is -0.349. The summed E-state index contributed by atoms with van der Waals surface area (Å²) in [6.45, 7) is 0. The van der Waals surface area contributed by atoms with Gasteiger partial charge in [-0.3, -0.25) is 0 Å². The van der Waals surface area contributed by atoms with E-state index in [9.17, 15) is 4.79 Å². The fraction of sp³-hybridized carbons (Fsp3) is 0.182. The number of hydrazone groups is 1. The highest BCUT2D eigenvalue weighted by molar-refractivity contribution is 7.12. The van der Waals surface area contributed by atoms with Gasteiger partial charge in [-0.05, 0) is 29.6 Å². The Labute approximate surface area is 166 Å². The Balaban J connectivity index is 1.54. The van der Waals surface area contributed by atoms with Crippen LogP contribution in [0.2, 0.25) is 0 Å². The van der Waals surface area contributed by atoms with E-state index in [1.54, 1.807) is 23.5 Å². The molecule has 0 amide bonds. The van der Waals surface area contributed by atoms with Crippen LogP contribution in [0.15, 0.2) is 71.1 Å². The highest BCUT2D eigenvalue weighted by atomic mass is 32.1. The Kier molecular flexibility index (Phi) is 4.13. The second-order valence-electron chi connectivity index (χ2n) is 6.75. The second kappa shape index (κ2) is 6.80. The van der Waals surface area contributed by atoms with Crippen LogP contribution < -0.4 is 4.74 Å². The number of ether oxygens (including phenoxy) is 2. The van der Waals surface area contributed by atoms with Gasteiger partial charge in [0, 0.05) is 17.5 Å². The molecular formula is C22H18N2O3S. The Hall–Kier alpha value is -3.12. The number of benzene rings is 2. The number of para-hydroxylation sites is 1. The molecule has 0 saturated heterocycles. The molecule has 28 heavy (non-hydrogen) atoms. The van der Waals surface area contributed by atoms with E-state index < -0.39 is 0 Å². The molecule has 0 radical (unpaired) electrons. The Morgan fingerprint density at radius 1 is 1.14 bits per heavy atom. The number of methoxy groups -OCH3 is 1. The summed E-state index contributed by atoms with van der Waals surface area (Å²) < 4.78 is 11.1. The summed E-state index contributed by atoms with van der Waals surface area (Å²) in [6.07, 6.45) is 0.501. The minimum absolute atomic E-state index is 0.132. The molecular weight excluding hydrogens is 372 g/mol. The van der Waals surface area contributed by atoms with Crippen LogP contribution in [0.1, 0.15) is 45.1 Å². The maximum atomic E-state index is 11.7. The predicted octanol–water partition coefficient (Wildman–Crippen LogP) is 4.78. The van der Waals surface area contributed by atoms with Gasteiger partial charge in [-0.1, -0.05) is 36.4 Å². The highest BCUT2D eigenvalue weighted by Crippen LogP contribution is 2.47. The van der Waals surface area contributed by atoms with E-state index in [0.29, 0.717) is 5.56 Å². The zero-order valence-electron chi connectivity index (χ0n) is 15.2. The van der Waals surface area contributed by atoms with Gasteiger partial charge in [0.1, 0.15) is 5.75 Å². The van der Waals surface area contributed by atoms with Gasteiger partial charge in [-0.2, -0.15) is 5.10 Å². The van der Waals surface area contributed by atoms with E-state index in [1.165, 1.54) is 12.0 Å². The van der Waals surface area contributed by atoms with E-state index in [-0.39, 0.29) is 18.2 Å². The van der Waals surface area contributed by atoms with Crippen LogP contribution >= 0.6 is 11.3 Å². The molecule has 6 heteroatoms. The van der Waals surface area contributed by atoms with Crippen molar-refractivity contribution in [3.05, 3.63) is 87.6 Å². The molecule has 1 aromatic heterocycles. The third-order valence-corrected chi connectivity index (χ3v) is 6.04. The topological polar surface area (TPSA) is 51.1 Å². The van der Waals surface area contributed by atoms with Crippen molar-refractivity contribution in [1.82, 2.24) is 5.01 Å². The molecule has 3 aromatic rings. The third kappa shape index (κ3) is 2.77. The largest absolute Gasteiger partial charge is 0.465 e. The average molecular weight is 390 g/mol. The van der Waals surface area contributed by atoms with Gasteiger partial charge in [0.2, 0.25) is 6.23 Å². The lowest BCUT2D eigenvalue weighted by Gasteiger charge is -2.38. The molecule has 140 valence electrons. The molecule has 0 unspecified atom stereocenters. The molecule has 0 N–H and O–H groups in total. The van der Waals surface area contributed by atoms with E-state index in [4.69, 9.17) is 14.6 Å². The van der Waals surface area contributed by atoms with E-state index in [2.05, 4.69) is 17.5 Å². The number of thiophene rings is 1. The fourth-order valence-electron chi connectivity index (χ4n) is 3.75. The molecule has 5 rings (SSSR count). The summed E-state index contributed by atoms with van der Waals surface area (Å²) in [5.74, 6) is 0.534. The normalized spacial score (nSPS) is 20.0. The lowest BCUT2D eigenvalue weighted by Crippen LogP contribution is -2.33. The van der Waals surface area contributed by atoms with Crippen molar-refractivity contribution in [1.29, 1.82) is 0 Å². The average Bonchev–Trinajstić information content (AvgIpc) is 3.42. The standard InChI is InChI=1S/C22H18N2O3S/c1-26-22(25)15-10-8-14(9-11-15)21-24-18(16-5-2-3-6-19(16)27-21)13-17(23-24)20-7-4-12-28-20/h2-12,18,21H,13H2,1H3/t18-,21-/m0/s1. The maximum Gasteiger partial charge on any atom is 0.337 e. The summed E-state index contributed by atoms with van der Waals surface area (Å²) in [7, 11) is 1.38. The van der Waals surface area contributed by atoms with Crippen LogP contribution in [0, 0.1) is 0 Å². The Morgan fingerprint density at radius 3 is 2.71 bits per heavy atom. The maximum absolute atomic E-state index is 11.7. The number of fused-ring (bicyclic) bond motifs is 3. The van der Waals surface area contributed by atoms with Gasteiger partial charge in [0.15, 0.2) is 0 Å². The number of hydrogen-bond acceptors (Lipinski definition) is 6. The van der Waals surface area contributed by atoms with Crippen molar-refractivity contribution in [2.24, 2.45) is 5.10 Å². The van der Waals surface area contributed by atoms with Crippen molar-refractivity contribution in [3.8, 4) is 5.75 Å². The lowest BCUT2D eigenvalue weighted by molar-refractivity contribution is -0.0190. The van der Waals surface area contributed by atoms with Crippen molar-refractivity contribution in [3.63, 3.8) is 0 Å². The summed E-state index contributed by atoms with van der Waals surface area (Å²) in [4.78, 5) is 12.9. The molecule has 5 nitrogen and oxygen atoms in total. The molecule has 0 bridgehead atoms. The molecule has 2 aliphatic rings. The number of rotatable bonds is 3. The minimum Gasteiger partial charge on any atom is -0.465 e. The van der Waals surface area contributed by atoms with Gasteiger partial charge < -0.3 is 9.47 Å². The quantitative estimate of drug-likeness (QED) is 0.604. The van der Waals surface area contributed by atoms with Gasteiger partial charge in [0.05, 0.1) is 29.3 Å². The van der Waals surface area contributed by atoms with Crippen LogP contribution in [0.3, 0.4) is 0 Å². The first-order valence-corrected chi connectivity index (χ1v) is 9.96. The lowest BCUT2D eigenvalue weighted by atomic mass is 9.97. The van der Waals surface area contributed by atoms with Crippen LogP contribution in [-0.4, -0.2) is 23.8 Å². The summed E-state index contributed by atoms with van der Waals surface area (Å²) in [6, 6.07) is 19.8. The number of hydrogen-bond donors (Lipinski definition) is 0. The van der Waals surface area contributed by atoms with Gasteiger partial charge in [-0.25, -0.2) is 9.80 Å². The summed E-state index contributed by atoms with van der Waals surface area (Å²) in [5.41, 5.74) is 3.70. The molecule has 0 fully saturated rings. The summed E-state index contributed by atoms with van der Waals surface area (Å²) >= 11 is 1.70. The first-order chi connectivity index (χ1) is 13.7. The number of carbonyl (C=O) groups is 1. The zero-order chi connectivity index (χ0) is 19.1. The molecule has 0 saturated carbocycles. The van der Waals surface area contributed by atoms with E-state index in [1.807, 2.05) is 41.4 Å². The SMILES string of the molecule is COC(=O)c1ccc([C@@H]2Oc3ccccc3[C@@H]3CC(c4cccs4)=NN32)cc1. The third-order valence-electron chi connectivity index (χ3n) is 5.12. The number of esters is 1.